The molecule has 19 heavy (non-hydrogen) atoms. The molecule has 1 aromatic rings. The smallest absolute Gasteiger partial charge is 0.205 e. The van der Waals surface area contributed by atoms with Crippen LogP contribution in [0.4, 0.5) is 5.95 Å². The van der Waals surface area contributed by atoms with Crippen LogP contribution in [0.1, 0.15) is 26.2 Å². The van der Waals surface area contributed by atoms with Crippen LogP contribution in [0.3, 0.4) is 0 Å². The van der Waals surface area contributed by atoms with Crippen LogP contribution in [0.15, 0.2) is 12.4 Å². The third kappa shape index (κ3) is 3.70. The van der Waals surface area contributed by atoms with Gasteiger partial charge in [0.25, 0.3) is 0 Å². The van der Waals surface area contributed by atoms with E-state index in [1.165, 1.54) is 19.3 Å². The molecule has 108 valence electrons. The first-order chi connectivity index (χ1) is 9.36. The summed E-state index contributed by atoms with van der Waals surface area (Å²) in [6.45, 7) is 6.98. The fraction of sp³-hybridized carbons (Fsp3) is 0.786. The first-order valence-corrected chi connectivity index (χ1v) is 7.34. The van der Waals surface area contributed by atoms with E-state index in [-0.39, 0.29) is 0 Å². The molecular formula is C14H26N4O. The summed E-state index contributed by atoms with van der Waals surface area (Å²) < 4.78 is 7.30. The van der Waals surface area contributed by atoms with Crippen molar-refractivity contribution in [2.45, 2.75) is 38.8 Å². The third-order valence-electron chi connectivity index (χ3n) is 3.78. The summed E-state index contributed by atoms with van der Waals surface area (Å²) in [6.07, 6.45) is 7.81. The lowest BCUT2D eigenvalue weighted by atomic mass is 10.0. The minimum absolute atomic E-state index is 0.554. The van der Waals surface area contributed by atoms with Crippen LogP contribution in [0.5, 0.6) is 0 Å². The molecule has 1 N–H and O–H groups in total. The van der Waals surface area contributed by atoms with Gasteiger partial charge in [-0.2, -0.15) is 0 Å². The highest BCUT2D eigenvalue weighted by molar-refractivity contribution is 5.34. The van der Waals surface area contributed by atoms with Crippen LogP contribution < -0.4 is 10.2 Å². The lowest BCUT2D eigenvalue weighted by molar-refractivity contribution is 0.198. The maximum absolute atomic E-state index is 5.07. The molecule has 1 unspecified atom stereocenters. The molecule has 1 atom stereocenters. The molecule has 1 fully saturated rings. The number of piperidine rings is 1. The zero-order valence-corrected chi connectivity index (χ0v) is 12.1. The second-order valence-electron chi connectivity index (χ2n) is 5.05. The summed E-state index contributed by atoms with van der Waals surface area (Å²) in [5, 5.41) is 3.48. The number of methoxy groups -OCH3 is 1. The van der Waals surface area contributed by atoms with Gasteiger partial charge in [-0.05, 0) is 26.2 Å². The number of nitrogens with one attached hydrogen (secondary N) is 1. The molecule has 1 aliphatic rings. The van der Waals surface area contributed by atoms with Gasteiger partial charge in [0.05, 0.1) is 6.61 Å². The fourth-order valence-electron chi connectivity index (χ4n) is 2.73. The van der Waals surface area contributed by atoms with Crippen molar-refractivity contribution in [2.75, 3.05) is 38.3 Å². The lowest BCUT2D eigenvalue weighted by Gasteiger charge is -2.37. The Bertz CT molecular complexity index is 366. The molecule has 1 saturated heterocycles. The molecule has 0 radical (unpaired) electrons. The summed E-state index contributed by atoms with van der Waals surface area (Å²) in [7, 11) is 1.74. The van der Waals surface area contributed by atoms with Gasteiger partial charge in [0.15, 0.2) is 0 Å². The Kier molecular flexibility index (Phi) is 5.66. The largest absolute Gasteiger partial charge is 0.383 e. The van der Waals surface area contributed by atoms with E-state index in [0.29, 0.717) is 6.04 Å². The van der Waals surface area contributed by atoms with Crippen molar-refractivity contribution in [2.24, 2.45) is 0 Å². The molecule has 0 saturated carbocycles. The van der Waals surface area contributed by atoms with Crippen molar-refractivity contribution in [1.29, 1.82) is 0 Å². The minimum atomic E-state index is 0.554. The fourth-order valence-corrected chi connectivity index (χ4v) is 2.73. The topological polar surface area (TPSA) is 42.3 Å². The normalized spacial score (nSPS) is 19.9. The molecule has 5 nitrogen and oxygen atoms in total. The molecule has 0 amide bonds. The Hall–Kier alpha value is -1.07. The van der Waals surface area contributed by atoms with E-state index in [9.17, 15) is 0 Å². The quantitative estimate of drug-likeness (QED) is 0.760. The number of ether oxygens (including phenoxy) is 1. The monoisotopic (exact) mass is 266 g/mol. The molecule has 0 bridgehead atoms. The van der Waals surface area contributed by atoms with Crippen molar-refractivity contribution in [3.8, 4) is 0 Å². The van der Waals surface area contributed by atoms with E-state index in [4.69, 9.17) is 4.74 Å². The van der Waals surface area contributed by atoms with E-state index >= 15 is 0 Å². The first-order valence-electron chi connectivity index (χ1n) is 7.34. The van der Waals surface area contributed by atoms with Gasteiger partial charge in [-0.15, -0.1) is 0 Å². The molecular weight excluding hydrogens is 240 g/mol. The number of hydrogen-bond acceptors (Lipinski definition) is 4. The van der Waals surface area contributed by atoms with Crippen LogP contribution in [-0.4, -0.2) is 48.9 Å². The average molecular weight is 266 g/mol. The summed E-state index contributed by atoms with van der Waals surface area (Å²) in [6, 6.07) is 0.554. The van der Waals surface area contributed by atoms with Gasteiger partial charge in [0.1, 0.15) is 0 Å². The van der Waals surface area contributed by atoms with Gasteiger partial charge < -0.3 is 19.5 Å². The number of hydrogen-bond donors (Lipinski definition) is 1. The van der Waals surface area contributed by atoms with E-state index in [2.05, 4.69) is 32.9 Å². The SMILES string of the molecule is CCn1ccnc1N1CCCCC1CNCCOC. The summed E-state index contributed by atoms with van der Waals surface area (Å²) in [5.41, 5.74) is 0. The highest BCUT2D eigenvalue weighted by Crippen LogP contribution is 2.23. The van der Waals surface area contributed by atoms with Gasteiger partial charge in [0.2, 0.25) is 5.95 Å². The van der Waals surface area contributed by atoms with Gasteiger partial charge in [0, 0.05) is 51.7 Å². The minimum Gasteiger partial charge on any atom is -0.383 e. The molecule has 1 aliphatic heterocycles. The summed E-state index contributed by atoms with van der Waals surface area (Å²) in [4.78, 5) is 7.01. The lowest BCUT2D eigenvalue weighted by Crippen LogP contribution is -2.47. The zero-order chi connectivity index (χ0) is 13.5. The summed E-state index contributed by atoms with van der Waals surface area (Å²) in [5.74, 6) is 1.13. The van der Waals surface area contributed by atoms with Crippen molar-refractivity contribution < 1.29 is 4.74 Å². The van der Waals surface area contributed by atoms with Crippen LogP contribution in [0, 0.1) is 0 Å². The molecule has 1 aromatic heterocycles. The van der Waals surface area contributed by atoms with Crippen molar-refractivity contribution >= 4 is 5.95 Å². The molecule has 0 aliphatic carbocycles. The molecule has 2 rings (SSSR count). The predicted octanol–water partition coefficient (Wildman–Crippen LogP) is 1.50. The van der Waals surface area contributed by atoms with Crippen molar-refractivity contribution in [3.63, 3.8) is 0 Å². The van der Waals surface area contributed by atoms with Crippen LogP contribution in [-0.2, 0) is 11.3 Å². The van der Waals surface area contributed by atoms with Crippen LogP contribution in [0.25, 0.3) is 0 Å². The second-order valence-corrected chi connectivity index (χ2v) is 5.05. The molecule has 0 aromatic carbocycles. The number of aryl methyl sites for hydroxylation is 1. The Balaban J connectivity index is 1.95. The van der Waals surface area contributed by atoms with E-state index in [1.807, 2.05) is 6.20 Å². The predicted molar refractivity (Wildman–Crippen MR) is 77.6 cm³/mol. The van der Waals surface area contributed by atoms with Gasteiger partial charge in [-0.1, -0.05) is 0 Å². The van der Waals surface area contributed by atoms with E-state index in [0.717, 1.165) is 38.7 Å². The number of imidazole rings is 1. The Labute approximate surface area is 116 Å². The Morgan fingerprint density at radius 3 is 3.16 bits per heavy atom. The zero-order valence-electron chi connectivity index (χ0n) is 12.1. The highest BCUT2D eigenvalue weighted by Gasteiger charge is 2.24. The van der Waals surface area contributed by atoms with E-state index in [1.54, 1.807) is 7.11 Å². The number of aromatic nitrogens is 2. The molecule has 2 heterocycles. The number of nitrogens with zero attached hydrogens (tertiary/aromatic N) is 3. The maximum Gasteiger partial charge on any atom is 0.205 e. The highest BCUT2D eigenvalue weighted by atomic mass is 16.5. The van der Waals surface area contributed by atoms with E-state index < -0.39 is 0 Å². The van der Waals surface area contributed by atoms with Gasteiger partial charge >= 0.3 is 0 Å². The number of anilines is 1. The Morgan fingerprint density at radius 1 is 1.47 bits per heavy atom. The van der Waals surface area contributed by atoms with Gasteiger partial charge in [-0.3, -0.25) is 0 Å². The third-order valence-corrected chi connectivity index (χ3v) is 3.78. The van der Waals surface area contributed by atoms with Crippen LogP contribution in [0.2, 0.25) is 0 Å². The molecule has 0 spiro atoms. The van der Waals surface area contributed by atoms with Crippen molar-refractivity contribution in [1.82, 2.24) is 14.9 Å². The number of rotatable bonds is 7. The standard InChI is InChI=1S/C14H26N4O/c1-3-17-10-7-16-14(17)18-9-5-4-6-13(18)12-15-8-11-19-2/h7,10,13,15H,3-6,8-9,11-12H2,1-2H3. The maximum atomic E-state index is 5.07. The van der Waals surface area contributed by atoms with Gasteiger partial charge in [-0.25, -0.2) is 4.98 Å². The van der Waals surface area contributed by atoms with Crippen LogP contribution >= 0.6 is 0 Å². The van der Waals surface area contributed by atoms with Crippen molar-refractivity contribution in [3.05, 3.63) is 12.4 Å². The summed E-state index contributed by atoms with van der Waals surface area (Å²) >= 11 is 0. The molecule has 5 heteroatoms. The average Bonchev–Trinajstić information content (AvgIpc) is 2.92. The first kappa shape index (κ1) is 14.3. The second kappa shape index (κ2) is 7.50. The Morgan fingerprint density at radius 2 is 2.37 bits per heavy atom.